The van der Waals surface area contributed by atoms with E-state index in [0.717, 1.165) is 36.0 Å². The predicted molar refractivity (Wildman–Crippen MR) is 113 cm³/mol. The molecule has 1 saturated carbocycles. The van der Waals surface area contributed by atoms with Crippen LogP contribution < -0.4 is 4.31 Å². The molecule has 3 aliphatic carbocycles. The molecule has 2 N–H and O–H groups in total. The van der Waals surface area contributed by atoms with Gasteiger partial charge in [-0.1, -0.05) is 30.7 Å². The summed E-state index contributed by atoms with van der Waals surface area (Å²) in [6.07, 6.45) is 3.45. The molecule has 1 aromatic rings. The lowest BCUT2D eigenvalue weighted by molar-refractivity contribution is -0.121. The summed E-state index contributed by atoms with van der Waals surface area (Å²) in [7, 11) is -3.49. The normalized spacial score (nSPS) is 28.1. The zero-order chi connectivity index (χ0) is 21.8. The predicted octanol–water partition coefficient (Wildman–Crippen LogP) is 2.91. The van der Waals surface area contributed by atoms with Gasteiger partial charge in [0.05, 0.1) is 11.8 Å². The number of hydrogen-bond acceptors (Lipinski definition) is 5. The number of fused-ring (bicyclic) bond motifs is 4. The molecule has 0 aromatic heterocycles. The lowest BCUT2D eigenvalue weighted by Crippen LogP contribution is -2.39. The minimum Gasteiger partial charge on any atom is -0.392 e. The Morgan fingerprint density at radius 2 is 2.07 bits per heavy atom. The second kappa shape index (κ2) is 7.30. The maximum Gasteiger partial charge on any atom is 0.366 e. The second-order valence-electron chi connectivity index (χ2n) is 8.73. The van der Waals surface area contributed by atoms with E-state index in [1.54, 1.807) is 12.1 Å². The Balaban J connectivity index is 1.76. The van der Waals surface area contributed by atoms with Gasteiger partial charge in [-0.3, -0.25) is 9.35 Å². The molecule has 0 bridgehead atoms. The van der Waals surface area contributed by atoms with Gasteiger partial charge in [-0.05, 0) is 60.9 Å². The van der Waals surface area contributed by atoms with Crippen molar-refractivity contribution in [1.82, 2.24) is 0 Å². The smallest absolute Gasteiger partial charge is 0.366 e. The van der Waals surface area contributed by atoms with Crippen molar-refractivity contribution in [3.05, 3.63) is 47.1 Å². The van der Waals surface area contributed by atoms with Crippen molar-refractivity contribution in [2.24, 2.45) is 11.3 Å². The third-order valence-electron chi connectivity index (χ3n) is 6.97. The maximum absolute atomic E-state index is 12.2. The van der Waals surface area contributed by atoms with Gasteiger partial charge < -0.3 is 9.84 Å². The molecule has 1 aromatic carbocycles. The van der Waals surface area contributed by atoms with Crippen molar-refractivity contribution in [1.29, 1.82) is 0 Å². The summed E-state index contributed by atoms with van der Waals surface area (Å²) >= 11 is 0. The van der Waals surface area contributed by atoms with Gasteiger partial charge in [0.15, 0.2) is 0 Å². The van der Waals surface area contributed by atoms with Gasteiger partial charge in [0.1, 0.15) is 6.61 Å². The van der Waals surface area contributed by atoms with Crippen LogP contribution in [0, 0.1) is 11.3 Å². The van der Waals surface area contributed by atoms with Gasteiger partial charge in [-0.25, -0.2) is 0 Å². The van der Waals surface area contributed by atoms with Gasteiger partial charge in [-0.2, -0.15) is 12.7 Å². The highest BCUT2D eigenvalue weighted by Gasteiger charge is 2.52. The van der Waals surface area contributed by atoms with Crippen molar-refractivity contribution in [2.45, 2.75) is 45.1 Å². The monoisotopic (exact) mass is 433 g/mol. The number of nitrogens with zero attached hydrogens (tertiary/aromatic N) is 1. The number of hydrogen-bond donors (Lipinski definition) is 2. The fourth-order valence-electron chi connectivity index (χ4n) is 5.61. The van der Waals surface area contributed by atoms with E-state index >= 15 is 0 Å². The molecule has 0 aliphatic heterocycles. The van der Waals surface area contributed by atoms with Crippen molar-refractivity contribution in [3.63, 3.8) is 0 Å². The summed E-state index contributed by atoms with van der Waals surface area (Å²) in [5.41, 5.74) is 5.56. The number of carbonyl (C=O) groups is 1. The number of rotatable bonds is 4. The van der Waals surface area contributed by atoms with E-state index in [0.29, 0.717) is 17.1 Å². The van der Waals surface area contributed by atoms with Gasteiger partial charge in [-0.15, -0.1) is 0 Å². The Morgan fingerprint density at radius 1 is 1.33 bits per heavy atom. The molecule has 0 saturated heterocycles. The summed E-state index contributed by atoms with van der Waals surface area (Å²) in [6, 6.07) is 5.03. The van der Waals surface area contributed by atoms with E-state index < -0.39 is 22.8 Å². The second-order valence-corrected chi connectivity index (χ2v) is 9.99. The van der Waals surface area contributed by atoms with Crippen LogP contribution in [0.2, 0.25) is 0 Å². The lowest BCUT2D eigenvalue weighted by atomic mass is 9.62. The summed E-state index contributed by atoms with van der Waals surface area (Å²) in [5.74, 6) is -0.693. The number of methoxy groups -OCH3 is 1. The van der Waals surface area contributed by atoms with E-state index in [2.05, 4.69) is 13.5 Å². The van der Waals surface area contributed by atoms with Crippen LogP contribution in [0.15, 0.2) is 35.9 Å². The number of carbonyl (C=O) groups excluding carboxylic acids is 1. The molecule has 1 fully saturated rings. The lowest BCUT2D eigenvalue weighted by Gasteiger charge is -2.43. The quantitative estimate of drug-likeness (QED) is 0.559. The van der Waals surface area contributed by atoms with Gasteiger partial charge in [0, 0.05) is 18.4 Å². The van der Waals surface area contributed by atoms with Crippen molar-refractivity contribution in [3.8, 4) is 0 Å². The zero-order valence-corrected chi connectivity index (χ0v) is 18.0. The number of aliphatic hydroxyl groups excluding tert-OH is 1. The van der Waals surface area contributed by atoms with Crippen LogP contribution in [0.4, 0.5) is 5.69 Å². The van der Waals surface area contributed by atoms with Gasteiger partial charge in [0.25, 0.3) is 5.91 Å². The van der Waals surface area contributed by atoms with Gasteiger partial charge >= 0.3 is 10.3 Å². The highest BCUT2D eigenvalue weighted by Crippen LogP contribution is 2.59. The van der Waals surface area contributed by atoms with E-state index in [9.17, 15) is 22.9 Å². The first-order valence-corrected chi connectivity index (χ1v) is 11.5. The van der Waals surface area contributed by atoms with Crippen LogP contribution >= 0.6 is 0 Å². The number of ether oxygens (including phenoxy) is 1. The fourth-order valence-corrected chi connectivity index (χ4v) is 6.30. The molecule has 3 atom stereocenters. The zero-order valence-electron chi connectivity index (χ0n) is 17.2. The minimum atomic E-state index is -4.77. The van der Waals surface area contributed by atoms with E-state index in [1.807, 2.05) is 6.07 Å². The maximum atomic E-state index is 12.2. The largest absolute Gasteiger partial charge is 0.392 e. The Hall–Kier alpha value is -2.00. The molecular weight excluding hydrogens is 406 g/mol. The molecule has 30 heavy (non-hydrogen) atoms. The first-order valence-electron chi connectivity index (χ1n) is 10.1. The third kappa shape index (κ3) is 3.22. The molecule has 4 rings (SSSR count). The molecule has 0 heterocycles. The number of aliphatic hydroxyl groups is 1. The molecule has 7 nitrogen and oxygen atoms in total. The molecule has 162 valence electrons. The molecule has 0 radical (unpaired) electrons. The number of benzene rings is 1. The van der Waals surface area contributed by atoms with Crippen molar-refractivity contribution in [2.75, 3.05) is 18.0 Å². The Morgan fingerprint density at radius 3 is 2.73 bits per heavy atom. The summed E-state index contributed by atoms with van der Waals surface area (Å²) < 4.78 is 38.4. The van der Waals surface area contributed by atoms with E-state index in [1.165, 1.54) is 18.3 Å². The molecular formula is C22H27NO6S. The van der Waals surface area contributed by atoms with Crippen LogP contribution in [0.5, 0.6) is 0 Å². The molecule has 3 aliphatic rings. The Bertz CT molecular complexity index is 1060. The highest BCUT2D eigenvalue weighted by atomic mass is 32.2. The molecule has 0 unspecified atom stereocenters. The third-order valence-corrected chi connectivity index (χ3v) is 7.85. The molecule has 0 spiro atoms. The number of aryl methyl sites for hydroxylation is 1. The van der Waals surface area contributed by atoms with E-state index in [4.69, 9.17) is 4.74 Å². The van der Waals surface area contributed by atoms with Crippen molar-refractivity contribution >= 4 is 27.5 Å². The standard InChI is InChI=1S/C22H27NO6S/c1-13-10-19(24)22(2)9-8-17-16-7-5-15(11-14(16)4-6-18(17)21(13)22)23(30(26,27)28)20(25)12-29-3/h5,7,11,19,21,24H,1,4,6,8-10,12H2,2-3H3,(H,26,27,28)/t19-,21+,22-/m1/s1. The fraction of sp³-hybridized carbons (Fsp3) is 0.500. The van der Waals surface area contributed by atoms with Crippen molar-refractivity contribution < 1.29 is 27.6 Å². The number of amides is 1. The number of allylic oxidation sites excluding steroid dienone is 2. The highest BCUT2D eigenvalue weighted by molar-refractivity contribution is 7.88. The molecule has 1 amide bonds. The number of anilines is 1. The average Bonchev–Trinajstić information content (AvgIpc) is 2.89. The van der Waals surface area contributed by atoms with Crippen LogP contribution in [0.3, 0.4) is 0 Å². The first kappa shape index (κ1) is 21.2. The van der Waals surface area contributed by atoms with Crippen LogP contribution in [-0.2, 0) is 26.3 Å². The Labute approximate surface area is 176 Å². The van der Waals surface area contributed by atoms with Crippen LogP contribution in [0.1, 0.15) is 43.7 Å². The first-order chi connectivity index (χ1) is 14.1. The van der Waals surface area contributed by atoms with E-state index in [-0.39, 0.29) is 23.1 Å². The average molecular weight is 434 g/mol. The summed E-state index contributed by atoms with van der Waals surface area (Å²) in [5, 5.41) is 10.6. The topological polar surface area (TPSA) is 104 Å². The van der Waals surface area contributed by atoms with Gasteiger partial charge in [0.2, 0.25) is 0 Å². The Kier molecular flexibility index (Phi) is 5.17. The minimum absolute atomic E-state index is 0.101. The van der Waals surface area contributed by atoms with Crippen LogP contribution in [-0.4, -0.2) is 43.8 Å². The molecule has 8 heteroatoms. The van der Waals surface area contributed by atoms with Crippen LogP contribution in [0.25, 0.3) is 5.57 Å². The summed E-state index contributed by atoms with van der Waals surface area (Å²) in [6.45, 7) is 5.92. The summed E-state index contributed by atoms with van der Waals surface area (Å²) in [4.78, 5) is 12.2. The SMILES string of the molecule is C=C1C[C@@H](O)[C@@]2(C)CCC3=C(CCc4cc(N(C(=O)COC)S(=O)(=O)O)ccc43)[C@H]12.